The van der Waals surface area contributed by atoms with Gasteiger partial charge in [-0.1, -0.05) is 47.7 Å². The number of carbonyl (C=O) groups excluding carboxylic acids is 1. The molecule has 1 aliphatic carbocycles. The van der Waals surface area contributed by atoms with Gasteiger partial charge in [0.25, 0.3) is 0 Å². The lowest BCUT2D eigenvalue weighted by Crippen LogP contribution is -2.34. The quantitative estimate of drug-likeness (QED) is 0.660. The standard InChI is InChI=1S/C18H24N4OS2/c1-3-10-22(11-14-6-7-14)16(23)12-24-18-21-20-17(25-18)19-15-8-4-13(2)5-9-15/h4-5,8-9,14H,3,6-7,10-12H2,1-2H3,(H,19,20). The van der Waals surface area contributed by atoms with Gasteiger partial charge >= 0.3 is 0 Å². The van der Waals surface area contributed by atoms with E-state index in [-0.39, 0.29) is 5.91 Å². The van der Waals surface area contributed by atoms with E-state index in [1.165, 1.54) is 41.5 Å². The molecule has 134 valence electrons. The number of aryl methyl sites for hydroxylation is 1. The summed E-state index contributed by atoms with van der Waals surface area (Å²) < 4.78 is 0.825. The Bertz CT molecular complexity index is 697. The number of hydrogen-bond acceptors (Lipinski definition) is 6. The summed E-state index contributed by atoms with van der Waals surface area (Å²) in [7, 11) is 0. The molecule has 1 amide bonds. The second-order valence-corrected chi connectivity index (χ2v) is 8.64. The molecule has 0 radical (unpaired) electrons. The van der Waals surface area contributed by atoms with Crippen LogP contribution in [0.15, 0.2) is 28.6 Å². The fourth-order valence-electron chi connectivity index (χ4n) is 2.49. The van der Waals surface area contributed by atoms with E-state index in [0.29, 0.717) is 5.75 Å². The third-order valence-electron chi connectivity index (χ3n) is 4.05. The van der Waals surface area contributed by atoms with Gasteiger partial charge < -0.3 is 10.2 Å². The van der Waals surface area contributed by atoms with Gasteiger partial charge in [0.05, 0.1) is 5.75 Å². The van der Waals surface area contributed by atoms with Crippen molar-refractivity contribution in [1.29, 1.82) is 0 Å². The number of anilines is 2. The molecule has 25 heavy (non-hydrogen) atoms. The Kier molecular flexibility index (Phi) is 6.31. The number of nitrogens with zero attached hydrogens (tertiary/aromatic N) is 3. The van der Waals surface area contributed by atoms with Crippen molar-refractivity contribution in [2.45, 2.75) is 37.4 Å². The fourth-order valence-corrected chi connectivity index (χ4v) is 4.17. The first-order valence-corrected chi connectivity index (χ1v) is 10.5. The number of aromatic nitrogens is 2. The van der Waals surface area contributed by atoms with Crippen LogP contribution in [0.1, 0.15) is 31.7 Å². The Hall–Kier alpha value is -1.60. The molecule has 1 heterocycles. The van der Waals surface area contributed by atoms with Crippen LogP contribution in [0, 0.1) is 12.8 Å². The molecule has 0 unspecified atom stereocenters. The van der Waals surface area contributed by atoms with E-state index in [2.05, 4.69) is 41.5 Å². The van der Waals surface area contributed by atoms with Crippen molar-refractivity contribution >= 4 is 39.8 Å². The highest BCUT2D eigenvalue weighted by molar-refractivity contribution is 8.01. The minimum Gasteiger partial charge on any atom is -0.342 e. The smallest absolute Gasteiger partial charge is 0.233 e. The van der Waals surface area contributed by atoms with Crippen LogP contribution in [-0.2, 0) is 4.79 Å². The van der Waals surface area contributed by atoms with Crippen LogP contribution < -0.4 is 5.32 Å². The highest BCUT2D eigenvalue weighted by Gasteiger charge is 2.26. The van der Waals surface area contributed by atoms with E-state index in [4.69, 9.17) is 0 Å². The Balaban J connectivity index is 1.50. The molecule has 0 spiro atoms. The van der Waals surface area contributed by atoms with Gasteiger partial charge in [-0.2, -0.15) is 0 Å². The van der Waals surface area contributed by atoms with E-state index in [9.17, 15) is 4.79 Å². The minimum atomic E-state index is 0.210. The first-order valence-electron chi connectivity index (χ1n) is 8.72. The number of benzene rings is 1. The van der Waals surface area contributed by atoms with Crippen molar-refractivity contribution in [3.63, 3.8) is 0 Å². The van der Waals surface area contributed by atoms with Gasteiger partial charge in [-0.05, 0) is 44.2 Å². The topological polar surface area (TPSA) is 58.1 Å². The monoisotopic (exact) mass is 376 g/mol. The summed E-state index contributed by atoms with van der Waals surface area (Å²) in [6.45, 7) is 5.95. The molecule has 3 rings (SSSR count). The summed E-state index contributed by atoms with van der Waals surface area (Å²) in [6, 6.07) is 8.15. The van der Waals surface area contributed by atoms with Crippen molar-refractivity contribution < 1.29 is 4.79 Å². The third-order valence-corrected chi connectivity index (χ3v) is 6.01. The zero-order valence-corrected chi connectivity index (χ0v) is 16.3. The summed E-state index contributed by atoms with van der Waals surface area (Å²) >= 11 is 2.96. The lowest BCUT2D eigenvalue weighted by Gasteiger charge is -2.21. The maximum absolute atomic E-state index is 12.4. The van der Waals surface area contributed by atoms with Crippen molar-refractivity contribution in [1.82, 2.24) is 15.1 Å². The molecule has 1 saturated carbocycles. The number of carbonyl (C=O) groups is 1. The molecule has 0 saturated heterocycles. The summed E-state index contributed by atoms with van der Waals surface area (Å²) in [5, 5.41) is 12.3. The molecule has 1 aliphatic rings. The van der Waals surface area contributed by atoms with Crippen molar-refractivity contribution in [2.24, 2.45) is 5.92 Å². The van der Waals surface area contributed by atoms with Crippen molar-refractivity contribution in [3.05, 3.63) is 29.8 Å². The van der Waals surface area contributed by atoms with E-state index in [0.717, 1.165) is 40.6 Å². The second-order valence-electron chi connectivity index (χ2n) is 6.44. The SMILES string of the molecule is CCCN(CC1CC1)C(=O)CSc1nnc(Nc2ccc(C)cc2)s1. The number of rotatable bonds is 9. The molecule has 0 aliphatic heterocycles. The van der Waals surface area contributed by atoms with E-state index < -0.39 is 0 Å². The van der Waals surface area contributed by atoms with Crippen LogP contribution in [0.3, 0.4) is 0 Å². The van der Waals surface area contributed by atoms with Gasteiger partial charge in [0.15, 0.2) is 4.34 Å². The zero-order chi connectivity index (χ0) is 17.6. The minimum absolute atomic E-state index is 0.210. The summed E-state index contributed by atoms with van der Waals surface area (Å²) in [4.78, 5) is 14.5. The van der Waals surface area contributed by atoms with Crippen LogP contribution in [0.4, 0.5) is 10.8 Å². The maximum Gasteiger partial charge on any atom is 0.233 e. The molecule has 7 heteroatoms. The number of nitrogens with one attached hydrogen (secondary N) is 1. The van der Waals surface area contributed by atoms with Crippen molar-refractivity contribution in [2.75, 3.05) is 24.2 Å². The van der Waals surface area contributed by atoms with E-state index in [1.807, 2.05) is 17.0 Å². The maximum atomic E-state index is 12.4. The summed E-state index contributed by atoms with van der Waals surface area (Å²) in [5.41, 5.74) is 2.22. The molecule has 1 aromatic carbocycles. The first kappa shape index (κ1) is 18.2. The Morgan fingerprint density at radius 1 is 1.32 bits per heavy atom. The van der Waals surface area contributed by atoms with E-state index >= 15 is 0 Å². The van der Waals surface area contributed by atoms with Gasteiger partial charge in [-0.3, -0.25) is 4.79 Å². The first-order chi connectivity index (χ1) is 12.1. The second kappa shape index (κ2) is 8.67. The Labute approximate surface area is 157 Å². The van der Waals surface area contributed by atoms with E-state index in [1.54, 1.807) is 0 Å². The molecule has 1 aromatic heterocycles. The van der Waals surface area contributed by atoms with Gasteiger partial charge in [0.2, 0.25) is 11.0 Å². The average molecular weight is 377 g/mol. The van der Waals surface area contributed by atoms with Crippen molar-refractivity contribution in [3.8, 4) is 0 Å². The summed E-state index contributed by atoms with van der Waals surface area (Å²) in [5.74, 6) is 1.38. The molecule has 0 atom stereocenters. The number of thioether (sulfide) groups is 1. The molecular formula is C18H24N4OS2. The predicted molar refractivity (Wildman–Crippen MR) is 105 cm³/mol. The number of hydrogen-bond donors (Lipinski definition) is 1. The Morgan fingerprint density at radius 3 is 2.76 bits per heavy atom. The van der Waals surface area contributed by atoms with Gasteiger partial charge in [-0.15, -0.1) is 10.2 Å². The normalized spacial score (nSPS) is 13.7. The van der Waals surface area contributed by atoms with Gasteiger partial charge in [0.1, 0.15) is 0 Å². The number of amides is 1. The zero-order valence-electron chi connectivity index (χ0n) is 14.7. The van der Waals surface area contributed by atoms with Gasteiger partial charge in [-0.25, -0.2) is 0 Å². The Morgan fingerprint density at radius 2 is 2.08 bits per heavy atom. The van der Waals surface area contributed by atoms with Gasteiger partial charge in [0, 0.05) is 18.8 Å². The summed E-state index contributed by atoms with van der Waals surface area (Å²) in [6.07, 6.45) is 3.54. The molecular weight excluding hydrogens is 352 g/mol. The highest BCUT2D eigenvalue weighted by Crippen LogP contribution is 2.31. The predicted octanol–water partition coefficient (Wildman–Crippen LogP) is 4.33. The molecule has 5 nitrogen and oxygen atoms in total. The van der Waals surface area contributed by atoms with Crippen LogP contribution in [0.25, 0.3) is 0 Å². The van der Waals surface area contributed by atoms with Crippen LogP contribution in [0.2, 0.25) is 0 Å². The lowest BCUT2D eigenvalue weighted by atomic mass is 10.2. The average Bonchev–Trinajstić information content (AvgIpc) is 3.32. The third kappa shape index (κ3) is 5.71. The highest BCUT2D eigenvalue weighted by atomic mass is 32.2. The molecule has 1 N–H and O–H groups in total. The van der Waals surface area contributed by atoms with Crippen LogP contribution >= 0.6 is 23.1 Å². The largest absolute Gasteiger partial charge is 0.342 e. The molecule has 1 fully saturated rings. The van der Waals surface area contributed by atoms with Crippen LogP contribution in [0.5, 0.6) is 0 Å². The lowest BCUT2D eigenvalue weighted by molar-refractivity contribution is -0.128. The van der Waals surface area contributed by atoms with Crippen LogP contribution in [-0.4, -0.2) is 39.8 Å². The molecule has 2 aromatic rings. The molecule has 0 bridgehead atoms. The fraction of sp³-hybridized carbons (Fsp3) is 0.500.